The van der Waals surface area contributed by atoms with Crippen molar-refractivity contribution in [1.82, 2.24) is 0 Å². The Morgan fingerprint density at radius 3 is 2.13 bits per heavy atom. The van der Waals surface area contributed by atoms with E-state index < -0.39 is 0 Å². The van der Waals surface area contributed by atoms with E-state index in [2.05, 4.69) is 10.3 Å². The van der Waals surface area contributed by atoms with Gasteiger partial charge in [0.15, 0.2) is 12.4 Å². The van der Waals surface area contributed by atoms with Crippen molar-refractivity contribution in [3.05, 3.63) is 85.3 Å². The first-order valence-electron chi connectivity index (χ1n) is 9.21. The van der Waals surface area contributed by atoms with Crippen molar-refractivity contribution in [2.45, 2.75) is 13.8 Å². The smallest absolute Gasteiger partial charge is 0.262 e. The van der Waals surface area contributed by atoms with Gasteiger partial charge < -0.3 is 10.1 Å². The molecule has 0 atom stereocenters. The number of rotatable bonds is 6. The minimum atomic E-state index is -0.367. The second-order valence-electron chi connectivity index (χ2n) is 6.81. The van der Waals surface area contributed by atoms with Crippen LogP contribution < -0.4 is 10.1 Å². The van der Waals surface area contributed by atoms with E-state index >= 15 is 0 Å². The zero-order valence-electron chi connectivity index (χ0n) is 16.7. The second kappa shape index (κ2) is 10.4. The zero-order chi connectivity index (χ0) is 22.5. The molecule has 0 aliphatic rings. The number of nitrogens with zero attached hydrogens (tertiary/aromatic N) is 1. The summed E-state index contributed by atoms with van der Waals surface area (Å²) in [7, 11) is 0. The highest BCUT2D eigenvalue weighted by Gasteiger charge is 2.12. The molecule has 8 heteroatoms. The Hall–Kier alpha value is -2.24. The average molecular weight is 496 g/mol. The number of anilines is 1. The molecular weight excluding hydrogens is 478 g/mol. The van der Waals surface area contributed by atoms with Gasteiger partial charge in [0.25, 0.3) is 5.91 Å². The van der Waals surface area contributed by atoms with Crippen LogP contribution in [-0.2, 0) is 4.79 Å². The van der Waals surface area contributed by atoms with Crippen LogP contribution in [-0.4, -0.2) is 18.7 Å². The van der Waals surface area contributed by atoms with Crippen LogP contribution in [0.15, 0.2) is 53.5 Å². The predicted octanol–water partition coefficient (Wildman–Crippen LogP) is 7.69. The minimum Gasteiger partial charge on any atom is -0.481 e. The monoisotopic (exact) mass is 494 g/mol. The molecule has 0 aliphatic heterocycles. The number of amides is 1. The van der Waals surface area contributed by atoms with E-state index in [-0.39, 0.29) is 28.3 Å². The summed E-state index contributed by atoms with van der Waals surface area (Å²) in [6, 6.07) is 14.1. The maximum absolute atomic E-state index is 12.2. The fraction of sp³-hybridized carbons (Fsp3) is 0.130. The van der Waals surface area contributed by atoms with Gasteiger partial charge in [-0.2, -0.15) is 0 Å². The first kappa shape index (κ1) is 23.4. The summed E-state index contributed by atoms with van der Waals surface area (Å²) < 4.78 is 5.53. The molecule has 31 heavy (non-hydrogen) atoms. The van der Waals surface area contributed by atoms with E-state index in [4.69, 9.17) is 51.1 Å². The molecule has 4 nitrogen and oxygen atoms in total. The molecule has 0 radical (unpaired) electrons. The number of nitrogens with one attached hydrogen (secondary N) is 1. The third-order valence-electron chi connectivity index (χ3n) is 4.34. The van der Waals surface area contributed by atoms with Gasteiger partial charge in [0, 0.05) is 21.9 Å². The first-order valence-corrected chi connectivity index (χ1v) is 10.7. The Labute approximate surface area is 200 Å². The number of aliphatic imine (C=N–C) groups is 1. The van der Waals surface area contributed by atoms with E-state index in [1.54, 1.807) is 36.5 Å². The number of benzene rings is 3. The Balaban J connectivity index is 1.65. The summed E-state index contributed by atoms with van der Waals surface area (Å²) in [6.45, 7) is 3.54. The van der Waals surface area contributed by atoms with Gasteiger partial charge in [-0.25, -0.2) is 0 Å². The summed E-state index contributed by atoms with van der Waals surface area (Å²) in [6.07, 6.45) is 1.62. The molecule has 0 saturated heterocycles. The third kappa shape index (κ3) is 6.37. The van der Waals surface area contributed by atoms with Crippen LogP contribution in [0, 0.1) is 13.8 Å². The summed E-state index contributed by atoms with van der Waals surface area (Å²) in [5.74, 6) is -0.148. The van der Waals surface area contributed by atoms with E-state index in [0.717, 1.165) is 11.1 Å². The Bertz CT molecular complexity index is 1140. The summed E-state index contributed by atoms with van der Waals surface area (Å²) >= 11 is 24.8. The van der Waals surface area contributed by atoms with Gasteiger partial charge in [-0.15, -0.1) is 0 Å². The normalized spacial score (nSPS) is 11.0. The topological polar surface area (TPSA) is 50.7 Å². The van der Waals surface area contributed by atoms with Crippen LogP contribution >= 0.6 is 46.4 Å². The summed E-state index contributed by atoms with van der Waals surface area (Å²) in [5.41, 5.74) is 3.85. The Kier molecular flexibility index (Phi) is 7.84. The van der Waals surface area contributed by atoms with Crippen LogP contribution in [0.25, 0.3) is 0 Å². The average Bonchev–Trinajstić information content (AvgIpc) is 2.71. The molecule has 0 unspecified atom stereocenters. The SMILES string of the molecule is Cc1ccc(N=Cc2cc(Cl)c(OCC(=O)Nc3ccc(C)c(Cl)c3)c(Cl)c2)cc1Cl. The molecule has 0 aliphatic carbocycles. The standard InChI is InChI=1S/C23H18Cl4N2O2/c1-13-3-5-16(9-18(13)24)28-11-15-7-20(26)23(21(27)8-15)31-12-22(30)29-17-6-4-14(2)19(25)10-17/h3-11H,12H2,1-2H3,(H,29,30). The number of hydrogen-bond acceptors (Lipinski definition) is 3. The number of carbonyl (C=O) groups is 1. The summed E-state index contributed by atoms with van der Waals surface area (Å²) in [4.78, 5) is 16.6. The van der Waals surface area contributed by atoms with E-state index in [9.17, 15) is 4.79 Å². The molecule has 1 N–H and O–H groups in total. The molecule has 0 heterocycles. The van der Waals surface area contributed by atoms with Crippen molar-refractivity contribution in [2.24, 2.45) is 4.99 Å². The largest absolute Gasteiger partial charge is 0.481 e. The lowest BCUT2D eigenvalue weighted by atomic mass is 10.2. The lowest BCUT2D eigenvalue weighted by molar-refractivity contribution is -0.118. The van der Waals surface area contributed by atoms with Gasteiger partial charge in [-0.3, -0.25) is 9.79 Å². The molecular formula is C23H18Cl4N2O2. The number of ether oxygens (including phenoxy) is 1. The van der Waals surface area contributed by atoms with Crippen molar-refractivity contribution >= 4 is 69.9 Å². The van der Waals surface area contributed by atoms with Crippen LogP contribution in [0.4, 0.5) is 11.4 Å². The van der Waals surface area contributed by atoms with Crippen LogP contribution in [0.2, 0.25) is 20.1 Å². The molecule has 160 valence electrons. The van der Waals surface area contributed by atoms with E-state index in [0.29, 0.717) is 27.0 Å². The number of aryl methyl sites for hydroxylation is 2. The summed E-state index contributed by atoms with van der Waals surface area (Å²) in [5, 5.41) is 4.45. The Morgan fingerprint density at radius 2 is 1.52 bits per heavy atom. The van der Waals surface area contributed by atoms with Crippen LogP contribution in [0.1, 0.15) is 16.7 Å². The molecule has 3 rings (SSSR count). The molecule has 3 aromatic rings. The quantitative estimate of drug-likeness (QED) is 0.356. The fourth-order valence-electron chi connectivity index (χ4n) is 2.61. The molecule has 1 amide bonds. The predicted molar refractivity (Wildman–Crippen MR) is 130 cm³/mol. The number of carbonyl (C=O) groups excluding carboxylic acids is 1. The molecule has 0 spiro atoms. The third-order valence-corrected chi connectivity index (χ3v) is 5.72. The van der Waals surface area contributed by atoms with Gasteiger partial charge in [0.1, 0.15) is 0 Å². The van der Waals surface area contributed by atoms with Gasteiger partial charge in [0.05, 0.1) is 15.7 Å². The lowest BCUT2D eigenvalue weighted by Crippen LogP contribution is -2.20. The highest BCUT2D eigenvalue weighted by Crippen LogP contribution is 2.34. The molecule has 0 fully saturated rings. The van der Waals surface area contributed by atoms with Crippen molar-refractivity contribution in [2.75, 3.05) is 11.9 Å². The van der Waals surface area contributed by atoms with Gasteiger partial charge in [-0.1, -0.05) is 58.5 Å². The molecule has 0 aromatic heterocycles. The second-order valence-corrected chi connectivity index (χ2v) is 8.43. The van der Waals surface area contributed by atoms with Gasteiger partial charge in [-0.05, 0) is 66.9 Å². The highest BCUT2D eigenvalue weighted by molar-refractivity contribution is 6.37. The minimum absolute atomic E-state index is 0.218. The van der Waals surface area contributed by atoms with E-state index in [1.807, 2.05) is 32.0 Å². The van der Waals surface area contributed by atoms with Crippen molar-refractivity contribution in [1.29, 1.82) is 0 Å². The fourth-order valence-corrected chi connectivity index (χ4v) is 3.58. The first-order chi connectivity index (χ1) is 14.7. The van der Waals surface area contributed by atoms with Gasteiger partial charge in [0.2, 0.25) is 0 Å². The van der Waals surface area contributed by atoms with Crippen molar-refractivity contribution in [3.8, 4) is 5.75 Å². The van der Waals surface area contributed by atoms with E-state index in [1.165, 1.54) is 0 Å². The molecule has 0 saturated carbocycles. The molecule has 0 bridgehead atoms. The lowest BCUT2D eigenvalue weighted by Gasteiger charge is -2.11. The molecule has 3 aromatic carbocycles. The van der Waals surface area contributed by atoms with Gasteiger partial charge >= 0.3 is 0 Å². The zero-order valence-corrected chi connectivity index (χ0v) is 19.7. The number of hydrogen-bond donors (Lipinski definition) is 1. The van der Waals surface area contributed by atoms with Crippen molar-refractivity contribution in [3.63, 3.8) is 0 Å². The Morgan fingerprint density at radius 1 is 0.903 bits per heavy atom. The van der Waals surface area contributed by atoms with Crippen LogP contribution in [0.5, 0.6) is 5.75 Å². The maximum Gasteiger partial charge on any atom is 0.262 e. The maximum atomic E-state index is 12.2. The van der Waals surface area contributed by atoms with Crippen molar-refractivity contribution < 1.29 is 9.53 Å². The highest BCUT2D eigenvalue weighted by atomic mass is 35.5. The number of halogens is 4. The van der Waals surface area contributed by atoms with Crippen LogP contribution in [0.3, 0.4) is 0 Å².